The first-order valence-electron chi connectivity index (χ1n) is 6.17. The van der Waals surface area contributed by atoms with Crippen molar-refractivity contribution in [1.29, 1.82) is 0 Å². The third kappa shape index (κ3) is 4.26. The van der Waals surface area contributed by atoms with E-state index in [4.69, 9.17) is 5.73 Å². The van der Waals surface area contributed by atoms with Gasteiger partial charge in [-0.2, -0.15) is 0 Å². The number of rotatable bonds is 5. The molecular formula is C14H14BrFN2O2S. The average molecular weight is 373 g/mol. The lowest BCUT2D eigenvalue weighted by atomic mass is 10.1. The van der Waals surface area contributed by atoms with Gasteiger partial charge in [0.05, 0.1) is 5.69 Å². The summed E-state index contributed by atoms with van der Waals surface area (Å²) in [7, 11) is -3.69. The van der Waals surface area contributed by atoms with Crippen molar-refractivity contribution in [2.24, 2.45) is 0 Å². The van der Waals surface area contributed by atoms with Gasteiger partial charge in [0.2, 0.25) is 10.0 Å². The molecule has 0 aliphatic carbocycles. The second-order valence-electron chi connectivity index (χ2n) is 4.46. The summed E-state index contributed by atoms with van der Waals surface area (Å²) < 4.78 is 40.5. The van der Waals surface area contributed by atoms with E-state index < -0.39 is 10.0 Å². The van der Waals surface area contributed by atoms with Gasteiger partial charge in [0.1, 0.15) is 10.7 Å². The third-order valence-corrected chi connectivity index (χ3v) is 4.87. The number of hydrogen-bond donors (Lipinski definition) is 2. The second kappa shape index (κ2) is 6.55. The highest BCUT2D eigenvalue weighted by Gasteiger charge is 2.17. The Morgan fingerprint density at radius 1 is 1.19 bits per heavy atom. The van der Waals surface area contributed by atoms with Crippen LogP contribution in [0.4, 0.5) is 10.1 Å². The molecule has 2 aromatic rings. The molecule has 2 rings (SSSR count). The highest BCUT2D eigenvalue weighted by atomic mass is 79.9. The maximum atomic E-state index is 13.0. The Kier molecular flexibility index (Phi) is 4.97. The minimum Gasteiger partial charge on any atom is -0.398 e. The van der Waals surface area contributed by atoms with Gasteiger partial charge in [0.25, 0.3) is 0 Å². The van der Waals surface area contributed by atoms with Crippen LogP contribution >= 0.6 is 15.9 Å². The normalized spacial score (nSPS) is 11.5. The summed E-state index contributed by atoms with van der Waals surface area (Å²) in [5.41, 5.74) is 6.59. The van der Waals surface area contributed by atoms with Crippen LogP contribution in [0.1, 0.15) is 5.56 Å². The lowest BCUT2D eigenvalue weighted by Gasteiger charge is -2.09. The van der Waals surface area contributed by atoms with Gasteiger partial charge in [0, 0.05) is 11.0 Å². The lowest BCUT2D eigenvalue weighted by Crippen LogP contribution is -2.26. The standard InChI is InChI=1S/C14H14BrFN2O2S/c15-11-4-5-13(17)14(9-11)21(19,20)18-7-6-10-2-1-3-12(16)8-10/h1-5,8-9,18H,6-7,17H2. The van der Waals surface area contributed by atoms with Crippen LogP contribution in [0.15, 0.2) is 51.8 Å². The largest absolute Gasteiger partial charge is 0.398 e. The molecule has 0 aliphatic rings. The van der Waals surface area contributed by atoms with Crippen molar-refractivity contribution in [3.05, 3.63) is 58.3 Å². The fourth-order valence-corrected chi connectivity index (χ4v) is 3.54. The van der Waals surface area contributed by atoms with Crippen LogP contribution in [-0.2, 0) is 16.4 Å². The fraction of sp³-hybridized carbons (Fsp3) is 0.143. The summed E-state index contributed by atoms with van der Waals surface area (Å²) >= 11 is 3.21. The number of sulfonamides is 1. The predicted octanol–water partition coefficient (Wildman–Crippen LogP) is 2.69. The van der Waals surface area contributed by atoms with Gasteiger partial charge in [-0.25, -0.2) is 17.5 Å². The molecule has 0 unspecified atom stereocenters. The molecule has 0 aromatic heterocycles. The molecule has 0 saturated carbocycles. The topological polar surface area (TPSA) is 72.2 Å². The smallest absolute Gasteiger partial charge is 0.242 e. The summed E-state index contributed by atoms with van der Waals surface area (Å²) in [5.74, 6) is -0.341. The zero-order valence-electron chi connectivity index (χ0n) is 11.0. The molecule has 0 radical (unpaired) electrons. The molecule has 112 valence electrons. The molecule has 0 fully saturated rings. The number of nitrogens with two attached hydrogens (primary N) is 1. The molecule has 0 atom stereocenters. The van der Waals surface area contributed by atoms with Gasteiger partial charge < -0.3 is 5.73 Å². The van der Waals surface area contributed by atoms with E-state index in [9.17, 15) is 12.8 Å². The van der Waals surface area contributed by atoms with E-state index in [2.05, 4.69) is 20.7 Å². The Morgan fingerprint density at radius 3 is 2.67 bits per heavy atom. The minimum atomic E-state index is -3.69. The van der Waals surface area contributed by atoms with Gasteiger partial charge in [-0.05, 0) is 42.3 Å². The molecule has 0 heterocycles. The summed E-state index contributed by atoms with van der Waals surface area (Å²) in [5, 5.41) is 0. The van der Waals surface area contributed by atoms with E-state index in [1.165, 1.54) is 24.3 Å². The summed E-state index contributed by atoms with van der Waals surface area (Å²) in [6.45, 7) is 0.164. The number of anilines is 1. The minimum absolute atomic E-state index is 0.0242. The predicted molar refractivity (Wildman–Crippen MR) is 83.8 cm³/mol. The van der Waals surface area contributed by atoms with E-state index in [-0.39, 0.29) is 22.9 Å². The Balaban J connectivity index is 2.06. The first kappa shape index (κ1) is 15.9. The van der Waals surface area contributed by atoms with Crippen molar-refractivity contribution < 1.29 is 12.8 Å². The van der Waals surface area contributed by atoms with Crippen LogP contribution in [0.5, 0.6) is 0 Å². The Bertz CT molecular complexity index is 750. The Labute approximate surface area is 131 Å². The van der Waals surface area contributed by atoms with Crippen molar-refractivity contribution in [2.75, 3.05) is 12.3 Å². The van der Waals surface area contributed by atoms with Crippen molar-refractivity contribution in [2.45, 2.75) is 11.3 Å². The van der Waals surface area contributed by atoms with Gasteiger partial charge in [0.15, 0.2) is 0 Å². The monoisotopic (exact) mass is 372 g/mol. The van der Waals surface area contributed by atoms with Gasteiger partial charge in [-0.3, -0.25) is 0 Å². The molecular weight excluding hydrogens is 359 g/mol. The first-order chi connectivity index (χ1) is 9.88. The maximum absolute atomic E-state index is 13.0. The van der Waals surface area contributed by atoms with Crippen molar-refractivity contribution in [3.63, 3.8) is 0 Å². The molecule has 4 nitrogen and oxygen atoms in total. The maximum Gasteiger partial charge on any atom is 0.242 e. The van der Waals surface area contributed by atoms with Crippen LogP contribution in [-0.4, -0.2) is 15.0 Å². The zero-order valence-corrected chi connectivity index (χ0v) is 13.4. The Hall–Kier alpha value is -1.44. The van der Waals surface area contributed by atoms with Gasteiger partial charge in [-0.1, -0.05) is 28.1 Å². The SMILES string of the molecule is Nc1ccc(Br)cc1S(=O)(=O)NCCc1cccc(F)c1. The van der Waals surface area contributed by atoms with Gasteiger partial charge in [-0.15, -0.1) is 0 Å². The molecule has 0 spiro atoms. The number of hydrogen-bond acceptors (Lipinski definition) is 3. The van der Waals surface area contributed by atoms with E-state index in [1.54, 1.807) is 18.2 Å². The molecule has 21 heavy (non-hydrogen) atoms. The van der Waals surface area contributed by atoms with Crippen LogP contribution in [0.2, 0.25) is 0 Å². The number of benzene rings is 2. The molecule has 0 bridgehead atoms. The first-order valence-corrected chi connectivity index (χ1v) is 8.45. The van der Waals surface area contributed by atoms with Gasteiger partial charge >= 0.3 is 0 Å². The number of nitrogens with one attached hydrogen (secondary N) is 1. The van der Waals surface area contributed by atoms with Crippen molar-refractivity contribution in [3.8, 4) is 0 Å². The highest BCUT2D eigenvalue weighted by molar-refractivity contribution is 9.10. The summed E-state index contributed by atoms with van der Waals surface area (Å²) in [6, 6.07) is 10.7. The van der Waals surface area contributed by atoms with E-state index >= 15 is 0 Å². The van der Waals surface area contributed by atoms with Crippen LogP contribution in [0.3, 0.4) is 0 Å². The molecule has 0 amide bonds. The van der Waals surface area contributed by atoms with E-state index in [0.29, 0.717) is 10.9 Å². The molecule has 0 saturated heterocycles. The van der Waals surface area contributed by atoms with Crippen LogP contribution in [0.25, 0.3) is 0 Å². The third-order valence-electron chi connectivity index (χ3n) is 2.86. The second-order valence-corrected chi connectivity index (χ2v) is 7.11. The Morgan fingerprint density at radius 2 is 1.95 bits per heavy atom. The van der Waals surface area contributed by atoms with E-state index in [1.807, 2.05) is 0 Å². The van der Waals surface area contributed by atoms with E-state index in [0.717, 1.165) is 5.56 Å². The van der Waals surface area contributed by atoms with Crippen LogP contribution < -0.4 is 10.5 Å². The van der Waals surface area contributed by atoms with Crippen molar-refractivity contribution >= 4 is 31.6 Å². The molecule has 3 N–H and O–H groups in total. The highest BCUT2D eigenvalue weighted by Crippen LogP contribution is 2.22. The number of nitrogen functional groups attached to an aromatic ring is 1. The van der Waals surface area contributed by atoms with Crippen molar-refractivity contribution in [1.82, 2.24) is 4.72 Å². The fourth-order valence-electron chi connectivity index (χ4n) is 1.84. The average Bonchev–Trinajstić information content (AvgIpc) is 2.41. The number of halogens is 2. The lowest BCUT2D eigenvalue weighted by molar-refractivity contribution is 0.582. The molecule has 7 heteroatoms. The van der Waals surface area contributed by atoms with Crippen LogP contribution in [0, 0.1) is 5.82 Å². The molecule has 2 aromatic carbocycles. The summed E-state index contributed by atoms with van der Waals surface area (Å²) in [6.07, 6.45) is 0.394. The quantitative estimate of drug-likeness (QED) is 0.792. The molecule has 0 aliphatic heterocycles. The zero-order chi connectivity index (χ0) is 15.5. The summed E-state index contributed by atoms with van der Waals surface area (Å²) in [4.78, 5) is 0.0242.